The molecule has 0 fully saturated rings. The maximum atomic E-state index is 8.40. The average Bonchev–Trinajstić information content (AvgIpc) is 2.59. The Morgan fingerprint density at radius 3 is 3.00 bits per heavy atom. The number of oxime groups is 1. The predicted molar refractivity (Wildman–Crippen MR) is 57.8 cm³/mol. The molecule has 0 saturated heterocycles. The molecule has 1 aromatic heterocycles. The van der Waals surface area contributed by atoms with Crippen LogP contribution in [0.15, 0.2) is 29.4 Å². The monoisotopic (exact) mass is 207 g/mol. The van der Waals surface area contributed by atoms with Crippen molar-refractivity contribution in [2.75, 3.05) is 7.11 Å². The number of rotatable bonds is 2. The summed E-state index contributed by atoms with van der Waals surface area (Å²) in [5, 5.41) is 12.5. The fourth-order valence-electron chi connectivity index (χ4n) is 1.29. The molecular weight excluding hydrogens is 198 g/mol. The van der Waals surface area contributed by atoms with Crippen LogP contribution in [-0.4, -0.2) is 18.5 Å². The molecule has 0 aliphatic carbocycles. The molecule has 1 aromatic carbocycles. The van der Waals surface area contributed by atoms with Gasteiger partial charge in [-0.15, -0.1) is 11.3 Å². The number of thiophene rings is 1. The second-order valence-electron chi connectivity index (χ2n) is 2.80. The summed E-state index contributed by atoms with van der Waals surface area (Å²) in [6.45, 7) is 0. The van der Waals surface area contributed by atoms with Crippen LogP contribution < -0.4 is 4.74 Å². The lowest BCUT2D eigenvalue weighted by atomic mass is 10.2. The molecule has 0 unspecified atom stereocenters. The highest BCUT2D eigenvalue weighted by Gasteiger charge is 2.01. The Bertz CT molecular complexity index is 476. The van der Waals surface area contributed by atoms with Crippen molar-refractivity contribution in [1.82, 2.24) is 0 Å². The van der Waals surface area contributed by atoms with E-state index in [0.29, 0.717) is 0 Å². The summed E-state index contributed by atoms with van der Waals surface area (Å²) in [7, 11) is 1.64. The van der Waals surface area contributed by atoms with Gasteiger partial charge >= 0.3 is 0 Å². The highest BCUT2D eigenvalue weighted by molar-refractivity contribution is 7.20. The van der Waals surface area contributed by atoms with Gasteiger partial charge < -0.3 is 9.94 Å². The molecule has 0 amide bonds. The minimum absolute atomic E-state index is 0.836. The molecule has 2 aromatic rings. The Kier molecular flexibility index (Phi) is 2.37. The van der Waals surface area contributed by atoms with Gasteiger partial charge in [-0.05, 0) is 29.7 Å². The highest BCUT2D eigenvalue weighted by Crippen LogP contribution is 2.27. The van der Waals surface area contributed by atoms with Crippen molar-refractivity contribution in [3.05, 3.63) is 29.1 Å². The number of fused-ring (bicyclic) bond motifs is 1. The standard InChI is InChI=1S/C10H9NO2S/c1-13-8-2-3-10-7(4-8)5-9(14-10)6-11-12/h2-6,12H,1H3/b11-6+. The van der Waals surface area contributed by atoms with Crippen molar-refractivity contribution in [3.63, 3.8) is 0 Å². The van der Waals surface area contributed by atoms with Gasteiger partial charge in [0, 0.05) is 9.58 Å². The van der Waals surface area contributed by atoms with Crippen LogP contribution in [0.5, 0.6) is 5.75 Å². The minimum Gasteiger partial charge on any atom is -0.497 e. The van der Waals surface area contributed by atoms with Crippen molar-refractivity contribution in [2.24, 2.45) is 5.16 Å². The zero-order valence-corrected chi connectivity index (χ0v) is 8.41. The van der Waals surface area contributed by atoms with Gasteiger partial charge in [0.15, 0.2) is 0 Å². The van der Waals surface area contributed by atoms with E-state index >= 15 is 0 Å². The quantitative estimate of drug-likeness (QED) is 0.467. The van der Waals surface area contributed by atoms with Gasteiger partial charge in [-0.3, -0.25) is 0 Å². The number of hydrogen-bond acceptors (Lipinski definition) is 4. The van der Waals surface area contributed by atoms with Crippen LogP contribution in [0.4, 0.5) is 0 Å². The van der Waals surface area contributed by atoms with Crippen molar-refractivity contribution >= 4 is 27.6 Å². The number of benzene rings is 1. The molecule has 72 valence electrons. The topological polar surface area (TPSA) is 41.8 Å². The lowest BCUT2D eigenvalue weighted by Gasteiger charge is -1.97. The van der Waals surface area contributed by atoms with Gasteiger partial charge in [-0.1, -0.05) is 5.16 Å². The molecule has 2 rings (SSSR count). The van der Waals surface area contributed by atoms with Crippen molar-refractivity contribution in [3.8, 4) is 5.75 Å². The zero-order valence-electron chi connectivity index (χ0n) is 7.60. The van der Waals surface area contributed by atoms with Gasteiger partial charge in [0.1, 0.15) is 5.75 Å². The maximum absolute atomic E-state index is 8.40. The van der Waals surface area contributed by atoms with Gasteiger partial charge in [0.2, 0.25) is 0 Å². The molecule has 14 heavy (non-hydrogen) atoms. The fourth-order valence-corrected chi connectivity index (χ4v) is 2.20. The van der Waals surface area contributed by atoms with E-state index in [2.05, 4.69) is 5.16 Å². The Hall–Kier alpha value is -1.55. The van der Waals surface area contributed by atoms with E-state index in [-0.39, 0.29) is 0 Å². The highest BCUT2D eigenvalue weighted by atomic mass is 32.1. The first-order valence-electron chi connectivity index (χ1n) is 4.08. The molecule has 0 aliphatic rings. The molecule has 4 heteroatoms. The molecule has 0 radical (unpaired) electrons. The van der Waals surface area contributed by atoms with Gasteiger partial charge in [-0.25, -0.2) is 0 Å². The first-order valence-corrected chi connectivity index (χ1v) is 4.90. The van der Waals surface area contributed by atoms with Crippen molar-refractivity contribution in [2.45, 2.75) is 0 Å². The summed E-state index contributed by atoms with van der Waals surface area (Å²) in [6.07, 6.45) is 1.43. The lowest BCUT2D eigenvalue weighted by molar-refractivity contribution is 0.322. The van der Waals surface area contributed by atoms with Crippen LogP contribution >= 0.6 is 11.3 Å². The Labute approximate surface area is 85.2 Å². The SMILES string of the molecule is COc1ccc2sc(/C=N/O)cc2c1. The number of ether oxygens (including phenoxy) is 1. The van der Waals surface area contributed by atoms with Crippen LogP contribution in [0.2, 0.25) is 0 Å². The first-order chi connectivity index (χ1) is 6.83. The molecule has 0 saturated carbocycles. The molecule has 0 bridgehead atoms. The van der Waals surface area contributed by atoms with Gasteiger partial charge in [0.05, 0.1) is 13.3 Å². The molecule has 0 spiro atoms. The maximum Gasteiger partial charge on any atom is 0.119 e. The van der Waals surface area contributed by atoms with Gasteiger partial charge in [0.25, 0.3) is 0 Å². The summed E-state index contributed by atoms with van der Waals surface area (Å²) < 4.78 is 6.27. The summed E-state index contributed by atoms with van der Waals surface area (Å²) in [6, 6.07) is 7.83. The zero-order chi connectivity index (χ0) is 9.97. The summed E-state index contributed by atoms with van der Waals surface area (Å²) >= 11 is 1.58. The Morgan fingerprint density at radius 2 is 2.29 bits per heavy atom. The van der Waals surface area contributed by atoms with Crippen LogP contribution in [0.25, 0.3) is 10.1 Å². The molecule has 1 N–H and O–H groups in total. The summed E-state index contributed by atoms with van der Waals surface area (Å²) in [5.41, 5.74) is 0. The first kappa shape index (κ1) is 9.02. The second kappa shape index (κ2) is 3.67. The van der Waals surface area contributed by atoms with E-state index in [1.165, 1.54) is 6.21 Å². The fraction of sp³-hybridized carbons (Fsp3) is 0.100. The molecule has 0 aliphatic heterocycles. The third kappa shape index (κ3) is 1.56. The van der Waals surface area contributed by atoms with E-state index in [0.717, 1.165) is 20.7 Å². The predicted octanol–water partition coefficient (Wildman–Crippen LogP) is 2.72. The summed E-state index contributed by atoms with van der Waals surface area (Å²) in [4.78, 5) is 0.927. The van der Waals surface area contributed by atoms with Crippen LogP contribution in [0.3, 0.4) is 0 Å². The third-order valence-corrected chi connectivity index (χ3v) is 2.98. The van der Waals surface area contributed by atoms with Crippen molar-refractivity contribution < 1.29 is 9.94 Å². The summed E-state index contributed by atoms with van der Waals surface area (Å²) in [5.74, 6) is 0.836. The Morgan fingerprint density at radius 1 is 1.43 bits per heavy atom. The van der Waals surface area contributed by atoms with Crippen LogP contribution in [0.1, 0.15) is 4.88 Å². The second-order valence-corrected chi connectivity index (χ2v) is 3.91. The van der Waals surface area contributed by atoms with E-state index in [1.54, 1.807) is 18.4 Å². The van der Waals surface area contributed by atoms with Crippen LogP contribution in [0, 0.1) is 0 Å². The number of methoxy groups -OCH3 is 1. The van der Waals surface area contributed by atoms with E-state index in [1.807, 2.05) is 24.3 Å². The average molecular weight is 207 g/mol. The largest absolute Gasteiger partial charge is 0.497 e. The van der Waals surface area contributed by atoms with E-state index < -0.39 is 0 Å². The van der Waals surface area contributed by atoms with E-state index in [4.69, 9.17) is 9.94 Å². The number of hydrogen-bond donors (Lipinski definition) is 1. The molecular formula is C10H9NO2S. The molecule has 0 atom stereocenters. The normalized spacial score (nSPS) is 11.2. The van der Waals surface area contributed by atoms with Crippen LogP contribution in [-0.2, 0) is 0 Å². The Balaban J connectivity index is 2.54. The van der Waals surface area contributed by atoms with Crippen molar-refractivity contribution in [1.29, 1.82) is 0 Å². The third-order valence-electron chi connectivity index (χ3n) is 1.93. The number of nitrogens with zero attached hydrogens (tertiary/aromatic N) is 1. The molecule has 1 heterocycles. The molecule has 3 nitrogen and oxygen atoms in total. The van der Waals surface area contributed by atoms with Gasteiger partial charge in [-0.2, -0.15) is 0 Å². The lowest BCUT2D eigenvalue weighted by Crippen LogP contribution is -1.79. The van der Waals surface area contributed by atoms with E-state index in [9.17, 15) is 0 Å². The minimum atomic E-state index is 0.836. The smallest absolute Gasteiger partial charge is 0.119 e.